The number of hydrogen-bond donors (Lipinski definition) is 0. The van der Waals surface area contributed by atoms with Gasteiger partial charge in [0.15, 0.2) is 0 Å². The summed E-state index contributed by atoms with van der Waals surface area (Å²) < 4.78 is 8.80. The first kappa shape index (κ1) is 20.3. The van der Waals surface area contributed by atoms with Crippen LogP contribution in [0.4, 0.5) is 0 Å². The number of quaternary nitrogens is 2. The van der Waals surface area contributed by atoms with Crippen molar-refractivity contribution in [1.29, 1.82) is 0 Å². The summed E-state index contributed by atoms with van der Waals surface area (Å²) in [5, 5.41) is 0. The molecule has 4 heteroatoms. The first-order valence-electron chi connectivity index (χ1n) is 11.7. The molecule has 3 aliphatic rings. The molecule has 1 aromatic rings. The van der Waals surface area contributed by atoms with Crippen LogP contribution >= 0.6 is 0 Å². The summed E-state index contributed by atoms with van der Waals surface area (Å²) in [6, 6.07) is 7.22. The van der Waals surface area contributed by atoms with Crippen LogP contribution in [0.15, 0.2) is 24.4 Å². The number of fused-ring (bicyclic) bond motifs is 1. The van der Waals surface area contributed by atoms with Crippen molar-refractivity contribution in [3.05, 3.63) is 30.1 Å². The van der Waals surface area contributed by atoms with Crippen LogP contribution in [0.3, 0.4) is 0 Å². The number of nitrogens with zero attached hydrogens (tertiary/aromatic N) is 3. The quantitative estimate of drug-likeness (QED) is 0.547. The van der Waals surface area contributed by atoms with Gasteiger partial charge in [0.1, 0.15) is 6.54 Å². The number of aromatic nitrogens is 1. The Morgan fingerprint density at radius 1 is 1.00 bits per heavy atom. The van der Waals surface area contributed by atoms with E-state index in [9.17, 15) is 0 Å². The molecule has 1 aromatic heterocycles. The Hall–Kier alpha value is -0.970. The molecule has 28 heavy (non-hydrogen) atoms. The average molecular weight is 388 g/mol. The van der Waals surface area contributed by atoms with Gasteiger partial charge in [0, 0.05) is 24.2 Å². The van der Waals surface area contributed by atoms with Crippen molar-refractivity contribution in [2.45, 2.75) is 56.9 Å². The zero-order valence-corrected chi connectivity index (χ0v) is 18.2. The molecular formula is C24H41N3O+2. The Morgan fingerprint density at radius 3 is 2.71 bits per heavy atom. The fraction of sp³-hybridized carbons (Fsp3) is 0.792. The van der Waals surface area contributed by atoms with Crippen LogP contribution < -0.4 is 0 Å². The van der Waals surface area contributed by atoms with Gasteiger partial charge in [-0.2, -0.15) is 0 Å². The van der Waals surface area contributed by atoms with E-state index in [2.05, 4.69) is 31.2 Å². The second-order valence-electron chi connectivity index (χ2n) is 10.3. The molecule has 0 amide bonds. The van der Waals surface area contributed by atoms with E-state index in [1.165, 1.54) is 81.3 Å². The third-order valence-electron chi connectivity index (χ3n) is 8.13. The Kier molecular flexibility index (Phi) is 6.39. The lowest BCUT2D eigenvalue weighted by molar-refractivity contribution is -0.947. The number of likely N-dealkylation sites (N-methyl/N-ethyl adjacent to an activating group) is 1. The van der Waals surface area contributed by atoms with E-state index in [4.69, 9.17) is 4.74 Å². The topological polar surface area (TPSA) is 22.1 Å². The summed E-state index contributed by atoms with van der Waals surface area (Å²) in [6.07, 6.45) is 11.6. The highest BCUT2D eigenvalue weighted by molar-refractivity contribution is 5.09. The van der Waals surface area contributed by atoms with Gasteiger partial charge in [0.05, 0.1) is 65.4 Å². The Morgan fingerprint density at radius 2 is 1.86 bits per heavy atom. The van der Waals surface area contributed by atoms with E-state index in [0.717, 1.165) is 36.2 Å². The molecule has 0 saturated carbocycles. The van der Waals surface area contributed by atoms with Gasteiger partial charge in [-0.05, 0) is 50.7 Å². The van der Waals surface area contributed by atoms with Gasteiger partial charge in [-0.25, -0.2) is 0 Å². The number of hydrogen-bond acceptors (Lipinski definition) is 2. The van der Waals surface area contributed by atoms with Crippen LogP contribution in [0, 0.1) is 5.92 Å². The SMILES string of the molecule is C[N+]1(CCOC[C@@H]2CCC[N+]3(C)CCCC[C@@H]23)CCC[C@H](c2ccccn2)C1. The summed E-state index contributed by atoms with van der Waals surface area (Å²) in [4.78, 5) is 4.63. The molecular weight excluding hydrogens is 346 g/mol. The highest BCUT2D eigenvalue weighted by Crippen LogP contribution is 2.36. The van der Waals surface area contributed by atoms with Gasteiger partial charge in [-0.1, -0.05) is 6.07 Å². The fourth-order valence-electron chi connectivity index (χ4n) is 6.44. The van der Waals surface area contributed by atoms with Crippen molar-refractivity contribution >= 4 is 0 Å². The third-order valence-corrected chi connectivity index (χ3v) is 8.13. The molecule has 4 nitrogen and oxygen atoms in total. The summed E-state index contributed by atoms with van der Waals surface area (Å²) in [5.74, 6) is 1.39. The van der Waals surface area contributed by atoms with E-state index < -0.39 is 0 Å². The van der Waals surface area contributed by atoms with E-state index >= 15 is 0 Å². The maximum absolute atomic E-state index is 6.33. The lowest BCUT2D eigenvalue weighted by Gasteiger charge is -2.51. The van der Waals surface area contributed by atoms with Crippen molar-refractivity contribution in [2.24, 2.45) is 5.92 Å². The van der Waals surface area contributed by atoms with Gasteiger partial charge in [-0.15, -0.1) is 0 Å². The molecule has 5 atom stereocenters. The van der Waals surface area contributed by atoms with Gasteiger partial charge in [0.25, 0.3) is 0 Å². The minimum atomic E-state index is 0.610. The Bertz CT molecular complexity index is 620. The van der Waals surface area contributed by atoms with Crippen LogP contribution in [0.5, 0.6) is 0 Å². The fourth-order valence-corrected chi connectivity index (χ4v) is 6.44. The molecule has 3 saturated heterocycles. The summed E-state index contributed by atoms with van der Waals surface area (Å²) in [5.41, 5.74) is 1.28. The van der Waals surface area contributed by atoms with Crippen molar-refractivity contribution in [3.8, 4) is 0 Å². The minimum absolute atomic E-state index is 0.610. The molecule has 0 bridgehead atoms. The van der Waals surface area contributed by atoms with Crippen LogP contribution in [0.25, 0.3) is 0 Å². The highest BCUT2D eigenvalue weighted by atomic mass is 16.5. The smallest absolute Gasteiger partial charge is 0.102 e. The van der Waals surface area contributed by atoms with Crippen molar-refractivity contribution in [3.63, 3.8) is 0 Å². The van der Waals surface area contributed by atoms with E-state index in [1.807, 2.05) is 12.3 Å². The molecule has 3 aliphatic heterocycles. The van der Waals surface area contributed by atoms with Crippen molar-refractivity contribution < 1.29 is 13.7 Å². The monoisotopic (exact) mass is 387 g/mol. The summed E-state index contributed by atoms with van der Waals surface area (Å²) in [6.45, 7) is 8.33. The van der Waals surface area contributed by atoms with Crippen LogP contribution in [-0.2, 0) is 4.74 Å². The second kappa shape index (κ2) is 8.81. The molecule has 156 valence electrons. The maximum Gasteiger partial charge on any atom is 0.102 e. The van der Waals surface area contributed by atoms with Gasteiger partial charge in [0.2, 0.25) is 0 Å². The molecule has 0 N–H and O–H groups in total. The normalized spacial score (nSPS) is 38.7. The molecule has 0 aliphatic carbocycles. The molecule has 0 aromatic carbocycles. The van der Waals surface area contributed by atoms with Crippen LogP contribution in [0.1, 0.15) is 56.6 Å². The standard InChI is InChI=1S/C24H41N3O/c1-26(14-7-9-21(19-26)23-11-3-5-13-25-23)17-18-28-20-22-10-8-16-27(2)15-6-4-12-24(22)27/h3,5,11,13,21-22,24H,4,6-10,12,14-20H2,1-2H3/q+2/t21-,22-,24-,26?,27?/m0/s1. The average Bonchev–Trinajstić information content (AvgIpc) is 2.71. The molecule has 0 spiro atoms. The number of pyridine rings is 1. The predicted molar refractivity (Wildman–Crippen MR) is 114 cm³/mol. The highest BCUT2D eigenvalue weighted by Gasteiger charge is 2.43. The zero-order valence-electron chi connectivity index (χ0n) is 18.2. The second-order valence-corrected chi connectivity index (χ2v) is 10.3. The Balaban J connectivity index is 1.25. The summed E-state index contributed by atoms with van der Waals surface area (Å²) in [7, 11) is 4.93. The number of ether oxygens (including phenoxy) is 1. The van der Waals surface area contributed by atoms with Crippen LogP contribution in [0.2, 0.25) is 0 Å². The third kappa shape index (κ3) is 4.60. The lowest BCUT2D eigenvalue weighted by Crippen LogP contribution is -2.61. The molecule has 3 fully saturated rings. The maximum atomic E-state index is 6.33. The molecule has 2 unspecified atom stereocenters. The molecule has 4 heterocycles. The van der Waals surface area contributed by atoms with E-state index in [1.54, 1.807) is 0 Å². The zero-order chi connectivity index (χ0) is 19.5. The predicted octanol–water partition coefficient (Wildman–Crippen LogP) is 3.83. The van der Waals surface area contributed by atoms with Gasteiger partial charge in [-0.3, -0.25) is 4.98 Å². The van der Waals surface area contributed by atoms with Crippen LogP contribution in [-0.4, -0.2) is 80.0 Å². The van der Waals surface area contributed by atoms with Crippen molar-refractivity contribution in [2.75, 3.05) is 60.0 Å². The first-order valence-corrected chi connectivity index (χ1v) is 11.7. The molecule has 0 radical (unpaired) electrons. The minimum Gasteiger partial charge on any atom is -0.375 e. The van der Waals surface area contributed by atoms with E-state index in [-0.39, 0.29) is 0 Å². The first-order chi connectivity index (χ1) is 13.6. The number of rotatable bonds is 6. The Labute approximate surface area is 172 Å². The summed E-state index contributed by atoms with van der Waals surface area (Å²) >= 11 is 0. The van der Waals surface area contributed by atoms with Gasteiger partial charge >= 0.3 is 0 Å². The largest absolute Gasteiger partial charge is 0.375 e. The lowest BCUT2D eigenvalue weighted by atomic mass is 9.82. The molecule has 4 rings (SSSR count). The number of piperidine rings is 3. The van der Waals surface area contributed by atoms with Gasteiger partial charge < -0.3 is 13.7 Å². The van der Waals surface area contributed by atoms with E-state index in [0.29, 0.717) is 5.92 Å². The van der Waals surface area contributed by atoms with Crippen molar-refractivity contribution in [1.82, 2.24) is 4.98 Å². The number of likely N-dealkylation sites (tertiary alicyclic amines) is 1.